The monoisotopic (exact) mass is 499 g/mol. The first kappa shape index (κ1) is 32.0. The van der Waals surface area contributed by atoms with Crippen molar-refractivity contribution >= 4 is 9.52 Å². The fourth-order valence-electron chi connectivity index (χ4n) is 6.30. The quantitative estimate of drug-likeness (QED) is 0.0622. The molecule has 0 bridgehead atoms. The Morgan fingerprint density at radius 1 is 0.657 bits per heavy atom. The lowest BCUT2D eigenvalue weighted by molar-refractivity contribution is 0.178. The van der Waals surface area contributed by atoms with Crippen LogP contribution in [0.3, 0.4) is 0 Å². The number of unbranched alkanes of at least 4 members (excludes halogenated alkanes) is 15. The second-order valence-corrected chi connectivity index (χ2v) is 13.5. The van der Waals surface area contributed by atoms with Crippen LogP contribution in [-0.2, 0) is 4.74 Å². The van der Waals surface area contributed by atoms with Crippen LogP contribution in [0.4, 0.5) is 0 Å². The molecule has 35 heavy (non-hydrogen) atoms. The molecule has 1 unspecified atom stereocenters. The topological polar surface area (TPSA) is 12.5 Å². The maximum absolute atomic E-state index is 5.70. The maximum atomic E-state index is 5.70. The standard InChI is InChI=1S/C33H59OSi/c1-6-11-12-13-14-15-16-17-18-19-20-21-22-23-24-25-29-35-33(28-9-4,31-30-34-31)32(10-5,26-7-2)27-8-3/h7-9H,2-4,6,10-29,35H2,1,5H3. The van der Waals surface area contributed by atoms with Crippen LogP contribution in [0, 0.1) is 11.7 Å². The van der Waals surface area contributed by atoms with Crippen LogP contribution in [0.1, 0.15) is 142 Å². The van der Waals surface area contributed by atoms with E-state index in [9.17, 15) is 0 Å². The minimum absolute atomic E-state index is 0.126. The normalized spacial score (nSPS) is 15.0. The van der Waals surface area contributed by atoms with E-state index in [1.165, 1.54) is 109 Å². The van der Waals surface area contributed by atoms with Crippen molar-refractivity contribution in [2.45, 2.75) is 153 Å². The summed E-state index contributed by atoms with van der Waals surface area (Å²) in [4.78, 5) is 0. The Labute approximate surface area is 222 Å². The summed E-state index contributed by atoms with van der Waals surface area (Å²) in [6, 6.07) is 1.39. The van der Waals surface area contributed by atoms with E-state index in [0.29, 0.717) is 0 Å². The lowest BCUT2D eigenvalue weighted by Crippen LogP contribution is -2.40. The summed E-state index contributed by atoms with van der Waals surface area (Å²) in [6.45, 7) is 16.9. The molecule has 0 aromatic carbocycles. The Morgan fingerprint density at radius 2 is 1.06 bits per heavy atom. The molecule has 1 aliphatic rings. The predicted octanol–water partition coefficient (Wildman–Crippen LogP) is 10.8. The van der Waals surface area contributed by atoms with Gasteiger partial charge in [0.15, 0.2) is 5.76 Å². The third-order valence-corrected chi connectivity index (χ3v) is 11.7. The largest absolute Gasteiger partial charge is 0.450 e. The fraction of sp³-hybridized carbons (Fsp3) is 0.758. The van der Waals surface area contributed by atoms with E-state index in [4.69, 9.17) is 4.74 Å². The van der Waals surface area contributed by atoms with Gasteiger partial charge in [-0.1, -0.05) is 141 Å². The van der Waals surface area contributed by atoms with Crippen molar-refractivity contribution < 1.29 is 4.74 Å². The van der Waals surface area contributed by atoms with Crippen LogP contribution in [0.25, 0.3) is 0 Å². The molecule has 1 rings (SSSR count). The SMILES string of the molecule is C=CCC(CC)(CC=C)C(CC=C)([SiH2]CCCCCCCCCCCCCCCCCC)C1=[C]O1. The van der Waals surface area contributed by atoms with Gasteiger partial charge < -0.3 is 4.74 Å². The highest BCUT2D eigenvalue weighted by Crippen LogP contribution is 2.63. The van der Waals surface area contributed by atoms with E-state index in [1.807, 2.05) is 0 Å². The van der Waals surface area contributed by atoms with Gasteiger partial charge in [0.2, 0.25) is 6.26 Å². The minimum atomic E-state index is -0.389. The zero-order chi connectivity index (χ0) is 25.7. The van der Waals surface area contributed by atoms with E-state index < -0.39 is 0 Å². The van der Waals surface area contributed by atoms with Crippen molar-refractivity contribution in [1.82, 2.24) is 0 Å². The Morgan fingerprint density at radius 3 is 1.40 bits per heavy atom. The minimum Gasteiger partial charge on any atom is -0.450 e. The Kier molecular flexibility index (Phi) is 18.4. The van der Waals surface area contributed by atoms with Crippen molar-refractivity contribution in [3.63, 3.8) is 0 Å². The summed E-state index contributed by atoms with van der Waals surface area (Å²) >= 11 is 0. The summed E-state index contributed by atoms with van der Waals surface area (Å²) in [5, 5.41) is 0.126. The van der Waals surface area contributed by atoms with Crippen LogP contribution in [0.15, 0.2) is 43.7 Å². The molecule has 2 heteroatoms. The molecular formula is C33H59OSi. The molecule has 0 aliphatic carbocycles. The van der Waals surface area contributed by atoms with Gasteiger partial charge >= 0.3 is 0 Å². The third kappa shape index (κ3) is 11.7. The van der Waals surface area contributed by atoms with Gasteiger partial charge in [-0.2, -0.15) is 0 Å². The molecule has 1 heterocycles. The summed E-state index contributed by atoms with van der Waals surface area (Å²) in [5.41, 5.74) is 0.158. The highest BCUT2D eigenvalue weighted by Gasteiger charge is 2.54. The molecule has 0 fully saturated rings. The lowest BCUT2D eigenvalue weighted by atomic mass is 9.66. The highest BCUT2D eigenvalue weighted by molar-refractivity contribution is 6.42. The highest BCUT2D eigenvalue weighted by atomic mass is 28.2. The third-order valence-electron chi connectivity index (χ3n) is 8.60. The molecule has 0 spiro atoms. The zero-order valence-corrected chi connectivity index (χ0v) is 25.2. The fourth-order valence-corrected chi connectivity index (χ4v) is 9.36. The molecule has 1 nitrogen and oxygen atoms in total. The predicted molar refractivity (Wildman–Crippen MR) is 161 cm³/mol. The van der Waals surface area contributed by atoms with E-state index in [2.05, 4.69) is 58.1 Å². The van der Waals surface area contributed by atoms with Crippen molar-refractivity contribution in [2.24, 2.45) is 5.41 Å². The van der Waals surface area contributed by atoms with Gasteiger partial charge in [-0.05, 0) is 31.1 Å². The molecule has 0 amide bonds. The molecule has 0 aromatic heterocycles. The van der Waals surface area contributed by atoms with Gasteiger partial charge in [-0.25, -0.2) is 0 Å². The molecule has 201 valence electrons. The van der Waals surface area contributed by atoms with Crippen molar-refractivity contribution in [1.29, 1.82) is 0 Å². The smallest absolute Gasteiger partial charge is 0.211 e. The van der Waals surface area contributed by atoms with Crippen LogP contribution in [0.2, 0.25) is 11.1 Å². The summed E-state index contributed by atoms with van der Waals surface area (Å²) in [5.74, 6) is 1.13. The first-order valence-electron chi connectivity index (χ1n) is 15.3. The Hall–Kier alpha value is -1.02. The number of rotatable bonds is 27. The maximum Gasteiger partial charge on any atom is 0.211 e. The van der Waals surface area contributed by atoms with Crippen LogP contribution in [-0.4, -0.2) is 9.52 Å². The van der Waals surface area contributed by atoms with Crippen LogP contribution in [0.5, 0.6) is 0 Å². The van der Waals surface area contributed by atoms with Gasteiger partial charge in [0, 0.05) is 14.6 Å². The molecular weight excluding hydrogens is 440 g/mol. The molecule has 0 saturated carbocycles. The average Bonchev–Trinajstić information content (AvgIpc) is 3.71. The van der Waals surface area contributed by atoms with Gasteiger partial charge in [0.25, 0.3) is 0 Å². The second-order valence-electron chi connectivity index (χ2n) is 11.1. The van der Waals surface area contributed by atoms with Crippen molar-refractivity contribution in [3.8, 4) is 0 Å². The number of ether oxygens (including phenoxy) is 1. The summed E-state index contributed by atoms with van der Waals surface area (Å²) in [7, 11) is -0.389. The van der Waals surface area contributed by atoms with E-state index >= 15 is 0 Å². The summed E-state index contributed by atoms with van der Waals surface area (Å²) < 4.78 is 5.70. The van der Waals surface area contributed by atoms with Gasteiger partial charge in [-0.15, -0.1) is 19.7 Å². The molecule has 0 saturated heterocycles. The van der Waals surface area contributed by atoms with Gasteiger partial charge in [-0.3, -0.25) is 0 Å². The first-order chi connectivity index (χ1) is 17.2. The molecule has 0 aromatic rings. The molecule has 0 N–H and O–H groups in total. The number of hydrogen-bond donors (Lipinski definition) is 0. The summed E-state index contributed by atoms with van der Waals surface area (Å²) in [6.07, 6.45) is 36.6. The molecule has 1 aliphatic heterocycles. The Balaban J connectivity index is 2.22. The van der Waals surface area contributed by atoms with E-state index in [1.54, 1.807) is 0 Å². The van der Waals surface area contributed by atoms with Crippen LogP contribution < -0.4 is 0 Å². The van der Waals surface area contributed by atoms with Gasteiger partial charge in [0.05, 0.1) is 0 Å². The van der Waals surface area contributed by atoms with Crippen molar-refractivity contribution in [3.05, 3.63) is 50.0 Å². The second kappa shape index (κ2) is 20.1. The number of hydrogen-bond acceptors (Lipinski definition) is 1. The lowest BCUT2D eigenvalue weighted by Gasteiger charge is -2.48. The van der Waals surface area contributed by atoms with E-state index in [0.717, 1.165) is 31.4 Å². The first-order valence-corrected chi connectivity index (χ1v) is 17.0. The van der Waals surface area contributed by atoms with Crippen molar-refractivity contribution in [2.75, 3.05) is 0 Å². The van der Waals surface area contributed by atoms with Crippen LogP contribution >= 0.6 is 0 Å². The van der Waals surface area contributed by atoms with Gasteiger partial charge in [0.1, 0.15) is 0 Å². The Bertz CT molecular complexity index is 582. The zero-order valence-electron chi connectivity index (χ0n) is 23.8. The molecule has 1 radical (unpaired) electrons. The molecule has 1 atom stereocenters. The number of allylic oxidation sites excluding steroid dienone is 4. The van der Waals surface area contributed by atoms with E-state index in [-0.39, 0.29) is 20.0 Å². The average molecular weight is 500 g/mol.